The van der Waals surface area contributed by atoms with Gasteiger partial charge in [0.25, 0.3) is 0 Å². The van der Waals surface area contributed by atoms with Gasteiger partial charge in [-0.05, 0) is 40.2 Å². The molecule has 1 unspecified atom stereocenters. The molecule has 0 radical (unpaired) electrons. The van der Waals surface area contributed by atoms with Gasteiger partial charge in [0.15, 0.2) is 0 Å². The van der Waals surface area contributed by atoms with E-state index in [0.29, 0.717) is 10.0 Å². The highest BCUT2D eigenvalue weighted by Gasteiger charge is 2.15. The number of aliphatic hydroxyl groups excluding tert-OH is 1. The highest BCUT2D eigenvalue weighted by atomic mass is 79.9. The van der Waals surface area contributed by atoms with Gasteiger partial charge in [0.1, 0.15) is 5.82 Å². The molecule has 2 rings (SSSR count). The van der Waals surface area contributed by atoms with Crippen LogP contribution in [0.5, 0.6) is 0 Å². The van der Waals surface area contributed by atoms with Gasteiger partial charge in [-0.25, -0.2) is 4.39 Å². The Morgan fingerprint density at radius 2 is 1.89 bits per heavy atom. The fourth-order valence-corrected chi connectivity index (χ4v) is 2.50. The fraction of sp³-hybridized carbons (Fsp3) is 0.143. The lowest BCUT2D eigenvalue weighted by Crippen LogP contribution is -2.16. The molecular formula is C14H12Br2FNO. The fourth-order valence-electron chi connectivity index (χ4n) is 1.77. The number of rotatable bonds is 4. The highest BCUT2D eigenvalue weighted by Crippen LogP contribution is 2.28. The summed E-state index contributed by atoms with van der Waals surface area (Å²) >= 11 is 6.63. The molecule has 0 saturated carbocycles. The summed E-state index contributed by atoms with van der Waals surface area (Å²) < 4.78 is 15.4. The molecule has 19 heavy (non-hydrogen) atoms. The molecule has 2 aromatic carbocycles. The molecule has 2 aromatic rings. The Bertz CT molecular complexity index is 577. The van der Waals surface area contributed by atoms with Crippen molar-refractivity contribution in [2.45, 2.75) is 6.04 Å². The summed E-state index contributed by atoms with van der Waals surface area (Å²) in [5, 5.41) is 12.6. The maximum Gasteiger partial charge on any atom is 0.129 e. The van der Waals surface area contributed by atoms with Crippen LogP contribution in [0.15, 0.2) is 51.4 Å². The van der Waals surface area contributed by atoms with Crippen molar-refractivity contribution in [3.8, 4) is 0 Å². The van der Waals surface area contributed by atoms with Crippen LogP contribution in [0.25, 0.3) is 0 Å². The first kappa shape index (κ1) is 14.5. The molecular weight excluding hydrogens is 377 g/mol. The summed E-state index contributed by atoms with van der Waals surface area (Å²) in [5.74, 6) is -0.354. The molecule has 0 aliphatic rings. The molecule has 100 valence electrons. The van der Waals surface area contributed by atoms with E-state index >= 15 is 0 Å². The number of halogens is 3. The number of nitrogens with one attached hydrogen (secondary N) is 1. The molecule has 0 fully saturated rings. The average Bonchev–Trinajstić information content (AvgIpc) is 2.39. The minimum absolute atomic E-state index is 0.195. The molecule has 1 atom stereocenters. The molecule has 0 aromatic heterocycles. The lowest BCUT2D eigenvalue weighted by Gasteiger charge is -2.19. The van der Waals surface area contributed by atoms with Crippen LogP contribution in [0.1, 0.15) is 11.6 Å². The lowest BCUT2D eigenvalue weighted by molar-refractivity contribution is 0.274. The Balaban J connectivity index is 2.28. The van der Waals surface area contributed by atoms with Gasteiger partial charge < -0.3 is 10.4 Å². The summed E-state index contributed by atoms with van der Waals surface area (Å²) in [6.07, 6.45) is 0. The first-order valence-electron chi connectivity index (χ1n) is 5.68. The van der Waals surface area contributed by atoms with Gasteiger partial charge in [0, 0.05) is 20.2 Å². The molecule has 0 spiro atoms. The third-order valence-electron chi connectivity index (χ3n) is 2.72. The van der Waals surface area contributed by atoms with E-state index in [-0.39, 0.29) is 12.4 Å². The molecule has 0 aliphatic carbocycles. The number of benzene rings is 2. The van der Waals surface area contributed by atoms with Gasteiger partial charge in [0.2, 0.25) is 0 Å². The Kier molecular flexibility index (Phi) is 4.96. The summed E-state index contributed by atoms with van der Waals surface area (Å²) in [6.45, 7) is -0.195. The van der Waals surface area contributed by atoms with E-state index in [1.54, 1.807) is 12.1 Å². The van der Waals surface area contributed by atoms with E-state index in [2.05, 4.69) is 37.2 Å². The molecule has 2 nitrogen and oxygen atoms in total. The summed E-state index contributed by atoms with van der Waals surface area (Å²) in [7, 11) is 0. The lowest BCUT2D eigenvalue weighted by atomic mass is 10.1. The van der Waals surface area contributed by atoms with Crippen molar-refractivity contribution in [2.75, 3.05) is 11.9 Å². The Morgan fingerprint density at radius 1 is 1.16 bits per heavy atom. The second kappa shape index (κ2) is 6.50. The van der Waals surface area contributed by atoms with E-state index in [0.717, 1.165) is 10.2 Å². The Morgan fingerprint density at radius 3 is 2.53 bits per heavy atom. The predicted molar refractivity (Wildman–Crippen MR) is 81.7 cm³/mol. The smallest absolute Gasteiger partial charge is 0.129 e. The molecule has 0 saturated heterocycles. The summed E-state index contributed by atoms with van der Waals surface area (Å²) in [5.41, 5.74) is 1.24. The zero-order valence-electron chi connectivity index (χ0n) is 9.91. The molecule has 0 aliphatic heterocycles. The van der Waals surface area contributed by atoms with Crippen LogP contribution >= 0.6 is 31.9 Å². The van der Waals surface area contributed by atoms with E-state index in [9.17, 15) is 9.50 Å². The van der Waals surface area contributed by atoms with Crippen LogP contribution in [0.3, 0.4) is 0 Å². The maximum absolute atomic E-state index is 13.9. The standard InChI is InChI=1S/C14H12Br2FNO/c15-9-5-6-10(12(17)7-9)14(8-19)18-13-4-2-1-3-11(13)16/h1-7,14,18-19H,8H2. The van der Waals surface area contributed by atoms with Crippen molar-refractivity contribution in [1.82, 2.24) is 0 Å². The molecule has 0 amide bonds. The minimum atomic E-state index is -0.494. The minimum Gasteiger partial charge on any atom is -0.394 e. The largest absolute Gasteiger partial charge is 0.394 e. The van der Waals surface area contributed by atoms with Crippen molar-refractivity contribution in [3.63, 3.8) is 0 Å². The summed E-state index contributed by atoms with van der Waals surface area (Å²) in [4.78, 5) is 0. The van der Waals surface area contributed by atoms with Gasteiger partial charge in [-0.15, -0.1) is 0 Å². The SMILES string of the molecule is OCC(Nc1ccccc1Br)c1ccc(Br)cc1F. The van der Waals surface area contributed by atoms with Gasteiger partial charge >= 0.3 is 0 Å². The van der Waals surface area contributed by atoms with Crippen LogP contribution in [-0.2, 0) is 0 Å². The number of hydrogen-bond acceptors (Lipinski definition) is 2. The second-order valence-electron chi connectivity index (χ2n) is 4.03. The van der Waals surface area contributed by atoms with Crippen molar-refractivity contribution in [1.29, 1.82) is 0 Å². The third kappa shape index (κ3) is 3.55. The zero-order valence-corrected chi connectivity index (χ0v) is 13.1. The number of aliphatic hydroxyl groups is 1. The normalized spacial score (nSPS) is 12.2. The van der Waals surface area contributed by atoms with E-state index < -0.39 is 6.04 Å². The van der Waals surface area contributed by atoms with Crippen LogP contribution < -0.4 is 5.32 Å². The van der Waals surface area contributed by atoms with Gasteiger partial charge in [-0.2, -0.15) is 0 Å². The highest BCUT2D eigenvalue weighted by molar-refractivity contribution is 9.10. The molecule has 2 N–H and O–H groups in total. The van der Waals surface area contributed by atoms with E-state index in [1.165, 1.54) is 6.07 Å². The van der Waals surface area contributed by atoms with E-state index in [4.69, 9.17) is 0 Å². The number of para-hydroxylation sites is 1. The summed E-state index contributed by atoms with van der Waals surface area (Å²) in [6, 6.07) is 11.8. The van der Waals surface area contributed by atoms with Gasteiger partial charge in [-0.3, -0.25) is 0 Å². The monoisotopic (exact) mass is 387 g/mol. The number of hydrogen-bond donors (Lipinski definition) is 2. The quantitative estimate of drug-likeness (QED) is 0.808. The molecule has 5 heteroatoms. The first-order chi connectivity index (χ1) is 9.11. The predicted octanol–water partition coefficient (Wildman–Crippen LogP) is 4.50. The topological polar surface area (TPSA) is 32.3 Å². The maximum atomic E-state index is 13.9. The second-order valence-corrected chi connectivity index (χ2v) is 5.80. The van der Waals surface area contributed by atoms with Crippen molar-refractivity contribution in [2.24, 2.45) is 0 Å². The third-order valence-corrected chi connectivity index (χ3v) is 3.91. The van der Waals surface area contributed by atoms with Crippen LogP contribution in [0, 0.1) is 5.82 Å². The Labute approximate surface area is 127 Å². The van der Waals surface area contributed by atoms with Gasteiger partial charge in [-0.1, -0.05) is 34.1 Å². The van der Waals surface area contributed by atoms with Crippen molar-refractivity contribution >= 4 is 37.5 Å². The average molecular weight is 389 g/mol. The molecule has 0 heterocycles. The first-order valence-corrected chi connectivity index (χ1v) is 7.27. The van der Waals surface area contributed by atoms with E-state index in [1.807, 2.05) is 24.3 Å². The molecule has 0 bridgehead atoms. The Hall–Kier alpha value is -0.910. The zero-order chi connectivity index (χ0) is 13.8. The van der Waals surface area contributed by atoms with Gasteiger partial charge in [0.05, 0.1) is 12.6 Å². The van der Waals surface area contributed by atoms with Crippen LogP contribution in [0.4, 0.5) is 10.1 Å². The van der Waals surface area contributed by atoms with Crippen molar-refractivity contribution in [3.05, 3.63) is 62.8 Å². The van der Waals surface area contributed by atoms with Crippen LogP contribution in [0.2, 0.25) is 0 Å². The van der Waals surface area contributed by atoms with Crippen LogP contribution in [-0.4, -0.2) is 11.7 Å². The van der Waals surface area contributed by atoms with Crippen molar-refractivity contribution < 1.29 is 9.50 Å². The number of anilines is 1.